The highest BCUT2D eigenvalue weighted by Gasteiger charge is 2.19. The molecule has 6 nitrogen and oxygen atoms in total. The Hall–Kier alpha value is -2.19. The van der Waals surface area contributed by atoms with Crippen LogP contribution in [0, 0.1) is 0 Å². The van der Waals surface area contributed by atoms with Gasteiger partial charge in [-0.2, -0.15) is 8.42 Å². The number of hydrogen-bond acceptors (Lipinski definition) is 3. The monoisotopic (exact) mass is 477 g/mol. The highest BCUT2D eigenvalue weighted by molar-refractivity contribution is 9.10. The Morgan fingerprint density at radius 2 is 1.93 bits per heavy atom. The molecule has 1 saturated heterocycles. The Bertz CT molecular complexity index is 1020. The SMILES string of the molecule is CN1CCCCC/C1=N\S(=O)(=O)c1cccc(NC(=O)Cc2cccc(Br)c2)c1. The lowest BCUT2D eigenvalue weighted by molar-refractivity contribution is -0.115. The fourth-order valence-electron chi connectivity index (χ4n) is 3.21. The fraction of sp³-hybridized carbons (Fsp3) is 0.333. The first-order valence-electron chi connectivity index (χ1n) is 9.53. The molecule has 1 aliphatic rings. The highest BCUT2D eigenvalue weighted by atomic mass is 79.9. The van der Waals surface area contributed by atoms with Gasteiger partial charge in [-0.15, -0.1) is 4.40 Å². The van der Waals surface area contributed by atoms with Gasteiger partial charge in [-0.3, -0.25) is 4.79 Å². The Kier molecular flexibility index (Phi) is 7.08. The quantitative estimate of drug-likeness (QED) is 0.698. The Labute approximate surface area is 180 Å². The largest absolute Gasteiger partial charge is 0.362 e. The molecule has 1 amide bonds. The summed E-state index contributed by atoms with van der Waals surface area (Å²) in [6, 6.07) is 13.7. The molecule has 0 saturated carbocycles. The minimum atomic E-state index is -3.84. The van der Waals surface area contributed by atoms with Crippen LogP contribution in [-0.4, -0.2) is 38.7 Å². The van der Waals surface area contributed by atoms with Gasteiger partial charge in [0.25, 0.3) is 10.0 Å². The number of amidine groups is 1. The van der Waals surface area contributed by atoms with Crippen LogP contribution in [-0.2, 0) is 21.2 Å². The van der Waals surface area contributed by atoms with Crippen LogP contribution in [0.15, 0.2) is 62.3 Å². The Morgan fingerprint density at radius 3 is 2.72 bits per heavy atom. The lowest BCUT2D eigenvalue weighted by atomic mass is 10.1. The Balaban J connectivity index is 1.75. The maximum Gasteiger partial charge on any atom is 0.284 e. The summed E-state index contributed by atoms with van der Waals surface area (Å²) < 4.78 is 30.6. The van der Waals surface area contributed by atoms with E-state index in [9.17, 15) is 13.2 Å². The molecule has 1 fully saturated rings. The van der Waals surface area contributed by atoms with Crippen molar-refractivity contribution in [1.82, 2.24) is 4.90 Å². The van der Waals surface area contributed by atoms with Crippen molar-refractivity contribution in [1.29, 1.82) is 0 Å². The van der Waals surface area contributed by atoms with Gasteiger partial charge in [-0.1, -0.05) is 40.5 Å². The van der Waals surface area contributed by atoms with Crippen LogP contribution in [0.2, 0.25) is 0 Å². The molecule has 3 rings (SSSR count). The van der Waals surface area contributed by atoms with Crippen LogP contribution >= 0.6 is 15.9 Å². The summed E-state index contributed by atoms with van der Waals surface area (Å²) in [5, 5.41) is 2.77. The molecular formula is C21H24BrN3O3S. The average molecular weight is 478 g/mol. The number of amides is 1. The van der Waals surface area contributed by atoms with E-state index in [2.05, 4.69) is 25.6 Å². The predicted molar refractivity (Wildman–Crippen MR) is 119 cm³/mol. The van der Waals surface area contributed by atoms with Crippen LogP contribution < -0.4 is 5.32 Å². The van der Waals surface area contributed by atoms with Crippen molar-refractivity contribution in [2.45, 2.75) is 37.0 Å². The average Bonchev–Trinajstić information content (AvgIpc) is 2.86. The molecule has 0 unspecified atom stereocenters. The summed E-state index contributed by atoms with van der Waals surface area (Å²) in [6.07, 6.45) is 3.89. The number of benzene rings is 2. The molecule has 29 heavy (non-hydrogen) atoms. The van der Waals surface area contributed by atoms with E-state index < -0.39 is 10.0 Å². The lowest BCUT2D eigenvalue weighted by Crippen LogP contribution is -2.26. The van der Waals surface area contributed by atoms with E-state index >= 15 is 0 Å². The first-order chi connectivity index (χ1) is 13.8. The number of likely N-dealkylation sites (tertiary alicyclic amines) is 1. The van der Waals surface area contributed by atoms with E-state index in [-0.39, 0.29) is 17.2 Å². The van der Waals surface area contributed by atoms with Gasteiger partial charge in [-0.05, 0) is 48.7 Å². The molecule has 0 bridgehead atoms. The number of carbonyl (C=O) groups excluding carboxylic acids is 1. The molecule has 0 atom stereocenters. The number of rotatable bonds is 5. The summed E-state index contributed by atoms with van der Waals surface area (Å²) >= 11 is 3.39. The van der Waals surface area contributed by atoms with Crippen molar-refractivity contribution in [3.05, 3.63) is 58.6 Å². The third-order valence-electron chi connectivity index (χ3n) is 4.73. The van der Waals surface area contributed by atoms with Crippen LogP contribution in [0.3, 0.4) is 0 Å². The molecule has 0 aliphatic carbocycles. The molecular weight excluding hydrogens is 454 g/mol. The van der Waals surface area contributed by atoms with Gasteiger partial charge in [0.05, 0.1) is 11.3 Å². The highest BCUT2D eigenvalue weighted by Crippen LogP contribution is 2.20. The molecule has 1 heterocycles. The van der Waals surface area contributed by atoms with E-state index in [1.807, 2.05) is 36.2 Å². The summed E-state index contributed by atoms with van der Waals surface area (Å²) in [7, 11) is -1.97. The molecule has 0 aromatic heterocycles. The van der Waals surface area contributed by atoms with Gasteiger partial charge >= 0.3 is 0 Å². The van der Waals surface area contributed by atoms with Gasteiger partial charge in [0.15, 0.2) is 0 Å². The number of hydrogen-bond donors (Lipinski definition) is 1. The second-order valence-electron chi connectivity index (χ2n) is 7.10. The minimum absolute atomic E-state index is 0.0721. The summed E-state index contributed by atoms with van der Waals surface area (Å²) in [4.78, 5) is 14.3. The number of nitrogens with one attached hydrogen (secondary N) is 1. The van der Waals surface area contributed by atoms with Crippen LogP contribution in [0.5, 0.6) is 0 Å². The zero-order chi connectivity index (χ0) is 20.9. The van der Waals surface area contributed by atoms with Crippen molar-refractivity contribution in [3.8, 4) is 0 Å². The van der Waals surface area contributed by atoms with Crippen molar-refractivity contribution >= 4 is 43.4 Å². The van der Waals surface area contributed by atoms with Crippen LogP contribution in [0.1, 0.15) is 31.2 Å². The third-order valence-corrected chi connectivity index (χ3v) is 6.52. The summed E-state index contributed by atoms with van der Waals surface area (Å²) in [5.74, 6) is 0.374. The molecule has 154 valence electrons. The van der Waals surface area contributed by atoms with Gasteiger partial charge in [-0.25, -0.2) is 0 Å². The maximum absolute atomic E-state index is 12.8. The first kappa shape index (κ1) is 21.5. The van der Waals surface area contributed by atoms with Crippen molar-refractivity contribution < 1.29 is 13.2 Å². The topological polar surface area (TPSA) is 78.8 Å². The molecule has 1 N–H and O–H groups in total. The number of halogens is 1. The van der Waals surface area contributed by atoms with Crippen LogP contribution in [0.4, 0.5) is 5.69 Å². The van der Waals surface area contributed by atoms with E-state index in [1.54, 1.807) is 12.1 Å². The normalized spacial score (nSPS) is 16.5. The zero-order valence-electron chi connectivity index (χ0n) is 16.3. The molecule has 0 radical (unpaired) electrons. The van der Waals surface area contributed by atoms with Crippen molar-refractivity contribution in [2.24, 2.45) is 4.40 Å². The molecule has 8 heteroatoms. The Morgan fingerprint density at radius 1 is 1.14 bits per heavy atom. The standard InChI is InChI=1S/C21H24BrN3O3S/c1-25-12-4-2-3-11-20(25)24-29(27,28)19-10-6-9-18(15-19)23-21(26)14-16-7-5-8-17(22)13-16/h5-10,13,15H,2-4,11-12,14H2,1H3,(H,23,26)/b24-20+. The predicted octanol–water partition coefficient (Wildman–Crippen LogP) is 4.22. The second kappa shape index (κ2) is 9.54. The van der Waals surface area contributed by atoms with E-state index in [4.69, 9.17) is 0 Å². The summed E-state index contributed by atoms with van der Waals surface area (Å²) in [5.41, 5.74) is 1.30. The van der Waals surface area contributed by atoms with Crippen LogP contribution in [0.25, 0.3) is 0 Å². The van der Waals surface area contributed by atoms with E-state index in [0.29, 0.717) is 17.9 Å². The molecule has 2 aromatic carbocycles. The maximum atomic E-state index is 12.8. The number of anilines is 1. The first-order valence-corrected chi connectivity index (χ1v) is 11.8. The number of carbonyl (C=O) groups is 1. The number of nitrogens with zero attached hydrogens (tertiary/aromatic N) is 2. The van der Waals surface area contributed by atoms with Crippen molar-refractivity contribution in [3.63, 3.8) is 0 Å². The molecule has 2 aromatic rings. The van der Waals surface area contributed by atoms with Gasteiger partial charge < -0.3 is 10.2 Å². The summed E-state index contributed by atoms with van der Waals surface area (Å²) in [6.45, 7) is 0.806. The fourth-order valence-corrected chi connectivity index (χ4v) is 4.79. The van der Waals surface area contributed by atoms with Gasteiger partial charge in [0, 0.05) is 30.2 Å². The third kappa shape index (κ3) is 6.14. The van der Waals surface area contributed by atoms with E-state index in [1.165, 1.54) is 12.1 Å². The lowest BCUT2D eigenvalue weighted by Gasteiger charge is -2.17. The van der Waals surface area contributed by atoms with Gasteiger partial charge in [0.2, 0.25) is 5.91 Å². The smallest absolute Gasteiger partial charge is 0.284 e. The minimum Gasteiger partial charge on any atom is -0.362 e. The second-order valence-corrected chi connectivity index (χ2v) is 9.62. The van der Waals surface area contributed by atoms with E-state index in [0.717, 1.165) is 35.8 Å². The van der Waals surface area contributed by atoms with Gasteiger partial charge in [0.1, 0.15) is 5.84 Å². The van der Waals surface area contributed by atoms with Crippen molar-refractivity contribution in [2.75, 3.05) is 18.9 Å². The zero-order valence-corrected chi connectivity index (χ0v) is 18.7. The molecule has 0 spiro atoms. The molecule has 1 aliphatic heterocycles. The number of sulfonamides is 1.